The average molecular weight is 427 g/mol. The van der Waals surface area contributed by atoms with Crippen molar-refractivity contribution in [3.8, 4) is 5.75 Å². The first-order valence-electron chi connectivity index (χ1n) is 9.66. The van der Waals surface area contributed by atoms with Gasteiger partial charge in [-0.1, -0.05) is 13.8 Å². The highest BCUT2D eigenvalue weighted by molar-refractivity contribution is 7.89. The first-order valence-corrected chi connectivity index (χ1v) is 11.1. The lowest BCUT2D eigenvalue weighted by Gasteiger charge is -2.33. The smallest absolute Gasteiger partial charge is 0.321 e. The zero-order chi connectivity index (χ0) is 21.4. The van der Waals surface area contributed by atoms with Gasteiger partial charge in [0.25, 0.3) is 0 Å². The number of nitrogens with zero attached hydrogens (tertiary/aromatic N) is 2. The largest absolute Gasteiger partial charge is 0.497 e. The van der Waals surface area contributed by atoms with Gasteiger partial charge in [-0.15, -0.1) is 0 Å². The molecule has 1 heterocycles. The second-order valence-corrected chi connectivity index (χ2v) is 9.28. The summed E-state index contributed by atoms with van der Waals surface area (Å²) in [4.78, 5) is 25.8. The Hall–Kier alpha value is -2.17. The third kappa shape index (κ3) is 6.98. The Balaban J connectivity index is 1.79. The summed E-state index contributed by atoms with van der Waals surface area (Å²) in [5.74, 6) is 0.656. The molecular weight excluding hydrogens is 396 g/mol. The number of amides is 3. The number of imide groups is 1. The normalized spacial score (nSPS) is 15.9. The van der Waals surface area contributed by atoms with E-state index in [1.165, 1.54) is 23.5 Å². The van der Waals surface area contributed by atoms with Crippen molar-refractivity contribution >= 4 is 22.0 Å². The fraction of sp³-hybridized carbons (Fsp3) is 0.579. The molecule has 2 N–H and O–H groups in total. The van der Waals surface area contributed by atoms with Crippen molar-refractivity contribution < 1.29 is 22.7 Å². The van der Waals surface area contributed by atoms with Crippen LogP contribution >= 0.6 is 0 Å². The van der Waals surface area contributed by atoms with Crippen molar-refractivity contribution in [3.63, 3.8) is 0 Å². The number of sulfonamides is 1. The minimum atomic E-state index is -3.59. The van der Waals surface area contributed by atoms with Crippen LogP contribution in [-0.4, -0.2) is 75.9 Å². The van der Waals surface area contributed by atoms with Gasteiger partial charge in [-0.25, -0.2) is 13.2 Å². The Labute approximate surface area is 172 Å². The molecule has 0 aromatic heterocycles. The van der Waals surface area contributed by atoms with Crippen LogP contribution in [0.1, 0.15) is 20.3 Å². The molecule has 0 saturated carbocycles. The summed E-state index contributed by atoms with van der Waals surface area (Å²) >= 11 is 0. The van der Waals surface area contributed by atoms with Gasteiger partial charge >= 0.3 is 6.03 Å². The van der Waals surface area contributed by atoms with E-state index < -0.39 is 22.0 Å². The second-order valence-electron chi connectivity index (χ2n) is 7.34. The van der Waals surface area contributed by atoms with Crippen molar-refractivity contribution in [2.45, 2.75) is 25.2 Å². The highest BCUT2D eigenvalue weighted by Gasteiger charge is 2.29. The Morgan fingerprint density at radius 2 is 1.72 bits per heavy atom. The number of carbonyl (C=O) groups is 2. The highest BCUT2D eigenvalue weighted by Crippen LogP contribution is 2.20. The standard InChI is InChI=1S/C19H30N4O5S/c1-15(2)8-9-20-19(25)21-18(24)14-22-10-12-23(13-11-22)29(26,27)17-6-4-16(28-3)5-7-17/h4-7,15H,8-14H2,1-3H3,(H2,20,21,24,25). The third-order valence-corrected chi connectivity index (χ3v) is 6.57. The molecule has 3 amide bonds. The molecule has 0 spiro atoms. The third-order valence-electron chi connectivity index (χ3n) is 4.66. The minimum absolute atomic E-state index is 0.0496. The van der Waals surface area contributed by atoms with Crippen LogP contribution in [0.4, 0.5) is 4.79 Å². The van der Waals surface area contributed by atoms with Gasteiger partial charge in [0.15, 0.2) is 0 Å². The SMILES string of the molecule is COc1ccc(S(=O)(=O)N2CCN(CC(=O)NC(=O)NCCC(C)C)CC2)cc1. The van der Waals surface area contributed by atoms with E-state index in [2.05, 4.69) is 24.5 Å². The Morgan fingerprint density at radius 3 is 2.28 bits per heavy atom. The average Bonchev–Trinajstić information content (AvgIpc) is 2.68. The van der Waals surface area contributed by atoms with Crippen molar-refractivity contribution in [2.24, 2.45) is 5.92 Å². The Kier molecular flexibility index (Phi) is 8.42. The van der Waals surface area contributed by atoms with Crippen LogP contribution in [0.2, 0.25) is 0 Å². The number of ether oxygens (including phenoxy) is 1. The fourth-order valence-corrected chi connectivity index (χ4v) is 4.33. The molecule has 1 aliphatic heterocycles. The van der Waals surface area contributed by atoms with Crippen LogP contribution in [-0.2, 0) is 14.8 Å². The molecule has 1 aliphatic rings. The molecule has 0 atom stereocenters. The number of rotatable bonds is 8. The predicted octanol–water partition coefficient (Wildman–Crippen LogP) is 0.873. The number of urea groups is 1. The van der Waals surface area contributed by atoms with Gasteiger partial charge in [-0.3, -0.25) is 15.0 Å². The molecule has 1 aromatic carbocycles. The monoisotopic (exact) mass is 426 g/mol. The topological polar surface area (TPSA) is 108 Å². The summed E-state index contributed by atoms with van der Waals surface area (Å²) in [5.41, 5.74) is 0. The van der Waals surface area contributed by atoms with Crippen LogP contribution in [0.25, 0.3) is 0 Å². The molecule has 1 fully saturated rings. The van der Waals surface area contributed by atoms with Crippen LogP contribution < -0.4 is 15.4 Å². The summed E-state index contributed by atoms with van der Waals surface area (Å²) in [5, 5.41) is 4.95. The van der Waals surface area contributed by atoms with E-state index in [4.69, 9.17) is 4.74 Å². The van der Waals surface area contributed by atoms with Crippen LogP contribution in [0.3, 0.4) is 0 Å². The highest BCUT2D eigenvalue weighted by atomic mass is 32.2. The van der Waals surface area contributed by atoms with Gasteiger partial charge in [-0.05, 0) is 36.6 Å². The van der Waals surface area contributed by atoms with Gasteiger partial charge < -0.3 is 10.1 Å². The quantitative estimate of drug-likeness (QED) is 0.639. The number of methoxy groups -OCH3 is 1. The molecule has 0 radical (unpaired) electrons. The molecular formula is C19H30N4O5S. The molecule has 29 heavy (non-hydrogen) atoms. The maximum atomic E-state index is 12.7. The zero-order valence-corrected chi connectivity index (χ0v) is 18.0. The van der Waals surface area contributed by atoms with Crippen LogP contribution in [0.5, 0.6) is 5.75 Å². The number of nitrogens with one attached hydrogen (secondary N) is 2. The summed E-state index contributed by atoms with van der Waals surface area (Å²) in [6, 6.07) is 5.76. The van der Waals surface area contributed by atoms with E-state index in [1.54, 1.807) is 12.1 Å². The van der Waals surface area contributed by atoms with Crippen LogP contribution in [0, 0.1) is 5.92 Å². The van der Waals surface area contributed by atoms with E-state index >= 15 is 0 Å². The van der Waals surface area contributed by atoms with Gasteiger partial charge in [0.2, 0.25) is 15.9 Å². The van der Waals surface area contributed by atoms with Crippen molar-refractivity contribution in [3.05, 3.63) is 24.3 Å². The molecule has 0 bridgehead atoms. The molecule has 10 heteroatoms. The molecule has 2 rings (SSSR count). The van der Waals surface area contributed by atoms with E-state index in [9.17, 15) is 18.0 Å². The van der Waals surface area contributed by atoms with Gasteiger partial charge in [0, 0.05) is 32.7 Å². The van der Waals surface area contributed by atoms with Gasteiger partial charge in [0.05, 0.1) is 18.6 Å². The minimum Gasteiger partial charge on any atom is -0.497 e. The van der Waals surface area contributed by atoms with Crippen molar-refractivity contribution in [1.82, 2.24) is 19.8 Å². The second kappa shape index (κ2) is 10.6. The van der Waals surface area contributed by atoms with Crippen molar-refractivity contribution in [2.75, 3.05) is 46.4 Å². The Morgan fingerprint density at radius 1 is 1.10 bits per heavy atom. The first kappa shape index (κ1) is 23.1. The van der Waals surface area contributed by atoms with E-state index in [0.717, 1.165) is 6.42 Å². The summed E-state index contributed by atoms with van der Waals surface area (Å²) in [6.07, 6.45) is 0.840. The first-order chi connectivity index (χ1) is 13.7. The Bertz CT molecular complexity index is 787. The molecule has 162 valence electrons. The summed E-state index contributed by atoms with van der Waals surface area (Å²) in [6.45, 7) is 6.06. The van der Waals surface area contributed by atoms with E-state index in [1.807, 2.05) is 4.90 Å². The lowest BCUT2D eigenvalue weighted by atomic mass is 10.1. The molecule has 0 unspecified atom stereocenters. The molecule has 0 aliphatic carbocycles. The molecule has 9 nitrogen and oxygen atoms in total. The number of piperazine rings is 1. The van der Waals surface area contributed by atoms with Crippen LogP contribution in [0.15, 0.2) is 29.2 Å². The number of benzene rings is 1. The van der Waals surface area contributed by atoms with Crippen molar-refractivity contribution in [1.29, 1.82) is 0 Å². The molecule has 1 aromatic rings. The maximum Gasteiger partial charge on any atom is 0.321 e. The maximum absolute atomic E-state index is 12.7. The van der Waals surface area contributed by atoms with Gasteiger partial charge in [-0.2, -0.15) is 4.31 Å². The van der Waals surface area contributed by atoms with E-state index in [0.29, 0.717) is 31.3 Å². The van der Waals surface area contributed by atoms with Gasteiger partial charge in [0.1, 0.15) is 5.75 Å². The summed E-state index contributed by atoms with van der Waals surface area (Å²) < 4.78 is 31.9. The lowest BCUT2D eigenvalue weighted by Crippen LogP contribution is -2.52. The number of carbonyl (C=O) groups excluding carboxylic acids is 2. The predicted molar refractivity (Wildman–Crippen MR) is 109 cm³/mol. The zero-order valence-electron chi connectivity index (χ0n) is 17.2. The molecule has 1 saturated heterocycles. The number of hydrogen-bond donors (Lipinski definition) is 2. The van der Waals surface area contributed by atoms with E-state index in [-0.39, 0.29) is 24.5 Å². The lowest BCUT2D eigenvalue weighted by molar-refractivity contribution is -0.121. The summed E-state index contributed by atoms with van der Waals surface area (Å²) in [7, 11) is -2.07. The fourth-order valence-electron chi connectivity index (χ4n) is 2.91. The number of hydrogen-bond acceptors (Lipinski definition) is 6.